The van der Waals surface area contributed by atoms with E-state index in [0.717, 1.165) is 0 Å². The number of hydrogen-bond donors (Lipinski definition) is 0. The molecule has 0 saturated carbocycles. The van der Waals surface area contributed by atoms with Crippen molar-refractivity contribution in [2.75, 3.05) is 17.2 Å². The van der Waals surface area contributed by atoms with E-state index < -0.39 is 9.93 Å². The molecule has 0 rings (SSSR count). The fraction of sp³-hybridized carbons (Fsp3) is 1.00. The van der Waals surface area contributed by atoms with Crippen LogP contribution in [-0.4, -0.2) is 17.2 Å². The molecule has 0 aromatic heterocycles. The number of hydrogen-bond acceptors (Lipinski definition) is 1. The first kappa shape index (κ1) is 6.63. The molecule has 0 radical (unpaired) electrons. The van der Waals surface area contributed by atoms with Crippen LogP contribution >= 0.6 is 15.9 Å². The second-order valence-corrected chi connectivity index (χ2v) is 6.01. The van der Waals surface area contributed by atoms with Gasteiger partial charge in [0.1, 0.15) is 12.5 Å². The van der Waals surface area contributed by atoms with Crippen molar-refractivity contribution in [1.29, 1.82) is 0 Å². The highest BCUT2D eigenvalue weighted by Crippen LogP contribution is 1.96. The average Bonchev–Trinajstić information content (AvgIpc) is 1.35. The average molecular weight is 172 g/mol. The maximum Gasteiger partial charge on any atom is 0.165 e. The van der Waals surface area contributed by atoms with Crippen molar-refractivity contribution < 1.29 is 4.21 Å². The summed E-state index contributed by atoms with van der Waals surface area (Å²) in [6.45, 7) is 0. The molecule has 0 aliphatic carbocycles. The molecule has 0 aromatic rings. The molecule has 0 atom stereocenters. The molecular formula is C3H8BrOS+. The van der Waals surface area contributed by atoms with Crippen molar-refractivity contribution in [1.82, 2.24) is 0 Å². The molecule has 0 fully saturated rings. The molecule has 0 unspecified atom stereocenters. The van der Waals surface area contributed by atoms with E-state index in [4.69, 9.17) is 0 Å². The zero-order valence-electron chi connectivity index (χ0n) is 3.90. The van der Waals surface area contributed by atoms with E-state index in [1.54, 1.807) is 12.5 Å². The lowest BCUT2D eigenvalue weighted by molar-refractivity contribution is 0.594. The van der Waals surface area contributed by atoms with Gasteiger partial charge in [0.25, 0.3) is 0 Å². The fourth-order valence-corrected chi connectivity index (χ4v) is 0. The summed E-state index contributed by atoms with van der Waals surface area (Å²) in [6, 6.07) is 0. The zero-order chi connectivity index (χ0) is 5.21. The van der Waals surface area contributed by atoms with E-state index in [-0.39, 0.29) is 0 Å². The summed E-state index contributed by atoms with van der Waals surface area (Å²) < 4.78 is 11.1. The first-order valence-electron chi connectivity index (χ1n) is 1.54. The highest BCUT2D eigenvalue weighted by Gasteiger charge is 2.06. The van der Waals surface area contributed by atoms with Crippen LogP contribution in [0.25, 0.3) is 0 Å². The first-order valence-corrected chi connectivity index (χ1v) is 5.20. The summed E-state index contributed by atoms with van der Waals surface area (Å²) >= 11 is 3.09. The van der Waals surface area contributed by atoms with Gasteiger partial charge in [0.05, 0.1) is 9.93 Å². The molecule has 0 amide bonds. The van der Waals surface area contributed by atoms with Crippen molar-refractivity contribution >= 4 is 25.9 Å². The molecule has 0 aliphatic heterocycles. The van der Waals surface area contributed by atoms with Gasteiger partial charge < -0.3 is 0 Å². The van der Waals surface area contributed by atoms with Crippen molar-refractivity contribution in [3.05, 3.63) is 0 Å². The largest absolute Gasteiger partial charge is 0.165 e. The van der Waals surface area contributed by atoms with Crippen LogP contribution in [0.2, 0.25) is 0 Å². The highest BCUT2D eigenvalue weighted by molar-refractivity contribution is 9.11. The van der Waals surface area contributed by atoms with Crippen LogP contribution in [0.1, 0.15) is 0 Å². The number of rotatable bonds is 1. The van der Waals surface area contributed by atoms with Gasteiger partial charge in [0.15, 0.2) is 4.66 Å². The van der Waals surface area contributed by atoms with Gasteiger partial charge in [-0.25, -0.2) is 0 Å². The Kier molecular flexibility index (Phi) is 2.29. The van der Waals surface area contributed by atoms with Gasteiger partial charge in [-0.2, -0.15) is 0 Å². The Balaban J connectivity index is 3.48. The maximum atomic E-state index is 10.5. The third kappa shape index (κ3) is 4.63. The molecule has 38 valence electrons. The Hall–Kier alpha value is 0.630. The van der Waals surface area contributed by atoms with Gasteiger partial charge >= 0.3 is 0 Å². The standard InChI is InChI=1S/C3H8BrOS/c1-6(2,5)3-4/h3H2,1-2H3/q+1. The Bertz CT molecular complexity index is 74.9. The Labute approximate surface area is 47.7 Å². The molecule has 0 bridgehead atoms. The second-order valence-electron chi connectivity index (χ2n) is 1.55. The lowest BCUT2D eigenvalue weighted by atomic mass is 11.9. The molecule has 0 saturated heterocycles. The third-order valence-corrected chi connectivity index (χ3v) is 4.10. The first-order chi connectivity index (χ1) is 2.56. The summed E-state index contributed by atoms with van der Waals surface area (Å²) in [7, 11) is -1.50. The predicted octanol–water partition coefficient (Wildman–Crippen LogP) is 1.10. The SMILES string of the molecule is C[S+](C)(=O)CBr. The van der Waals surface area contributed by atoms with E-state index in [0.29, 0.717) is 4.66 Å². The van der Waals surface area contributed by atoms with Crippen LogP contribution in [0.15, 0.2) is 0 Å². The predicted molar refractivity (Wildman–Crippen MR) is 33.7 cm³/mol. The Morgan fingerprint density at radius 3 is 1.83 bits per heavy atom. The summed E-state index contributed by atoms with van der Waals surface area (Å²) in [5.41, 5.74) is 0. The van der Waals surface area contributed by atoms with E-state index in [1.165, 1.54) is 0 Å². The van der Waals surface area contributed by atoms with Gasteiger partial charge in [-0.3, -0.25) is 0 Å². The lowest BCUT2D eigenvalue weighted by Crippen LogP contribution is -2.03. The van der Waals surface area contributed by atoms with E-state index >= 15 is 0 Å². The van der Waals surface area contributed by atoms with E-state index in [2.05, 4.69) is 15.9 Å². The van der Waals surface area contributed by atoms with Gasteiger partial charge in [0, 0.05) is 0 Å². The molecule has 3 heteroatoms. The third-order valence-electron chi connectivity index (χ3n) is 0.263. The van der Waals surface area contributed by atoms with Crippen LogP contribution in [-0.2, 0) is 14.1 Å². The molecule has 0 aromatic carbocycles. The Morgan fingerprint density at radius 1 is 1.67 bits per heavy atom. The topological polar surface area (TPSA) is 17.1 Å². The summed E-state index contributed by atoms with van der Waals surface area (Å²) in [4.78, 5) is 0. The normalized spacial score (nSPS) is 11.8. The highest BCUT2D eigenvalue weighted by atomic mass is 79.9. The van der Waals surface area contributed by atoms with Gasteiger partial charge in [-0.15, -0.1) is 4.21 Å². The van der Waals surface area contributed by atoms with E-state index in [1.807, 2.05) is 0 Å². The fourth-order valence-electron chi connectivity index (χ4n) is 0. The van der Waals surface area contributed by atoms with Crippen molar-refractivity contribution in [3.8, 4) is 0 Å². The van der Waals surface area contributed by atoms with Crippen LogP contribution in [0, 0.1) is 0 Å². The maximum absolute atomic E-state index is 10.5. The molecule has 6 heavy (non-hydrogen) atoms. The minimum Gasteiger partial charge on any atom is -0.105 e. The number of alkyl halides is 1. The molecule has 0 N–H and O–H groups in total. The summed E-state index contributed by atoms with van der Waals surface area (Å²) in [5.74, 6) is 0. The van der Waals surface area contributed by atoms with Crippen LogP contribution in [0.5, 0.6) is 0 Å². The molecule has 0 aliphatic rings. The van der Waals surface area contributed by atoms with Crippen LogP contribution in [0.4, 0.5) is 0 Å². The van der Waals surface area contributed by atoms with Crippen molar-refractivity contribution in [2.45, 2.75) is 0 Å². The summed E-state index contributed by atoms with van der Waals surface area (Å²) in [6.07, 6.45) is 3.45. The Morgan fingerprint density at radius 2 is 1.83 bits per heavy atom. The lowest BCUT2D eigenvalue weighted by Gasteiger charge is -1.87. The minimum absolute atomic E-state index is 0.611. The second kappa shape index (κ2) is 2.07. The smallest absolute Gasteiger partial charge is 0.105 e. The van der Waals surface area contributed by atoms with Crippen molar-refractivity contribution in [3.63, 3.8) is 0 Å². The minimum atomic E-state index is -1.50. The molecule has 0 spiro atoms. The van der Waals surface area contributed by atoms with Crippen molar-refractivity contribution in [2.24, 2.45) is 0 Å². The zero-order valence-corrected chi connectivity index (χ0v) is 6.30. The van der Waals surface area contributed by atoms with E-state index in [9.17, 15) is 4.21 Å². The van der Waals surface area contributed by atoms with Crippen LogP contribution < -0.4 is 0 Å². The monoisotopic (exact) mass is 171 g/mol. The summed E-state index contributed by atoms with van der Waals surface area (Å²) in [5, 5.41) is 0. The van der Waals surface area contributed by atoms with Crippen LogP contribution in [0.3, 0.4) is 0 Å². The van der Waals surface area contributed by atoms with Gasteiger partial charge in [-0.05, 0) is 15.9 Å². The number of halogens is 1. The molecule has 1 nitrogen and oxygen atoms in total. The van der Waals surface area contributed by atoms with Gasteiger partial charge in [-0.1, -0.05) is 0 Å². The molecule has 0 heterocycles. The van der Waals surface area contributed by atoms with Gasteiger partial charge in [0.2, 0.25) is 0 Å². The molecular weight excluding hydrogens is 164 g/mol. The quantitative estimate of drug-likeness (QED) is 0.427.